The zero-order chi connectivity index (χ0) is 17.1. The highest BCUT2D eigenvalue weighted by Crippen LogP contribution is 2.25. The Kier molecular flexibility index (Phi) is 5.09. The Bertz CT molecular complexity index is 691. The molecule has 0 radical (unpaired) electrons. The molecule has 0 unspecified atom stereocenters. The molecule has 0 saturated heterocycles. The van der Waals surface area contributed by atoms with Gasteiger partial charge in [-0.3, -0.25) is 4.79 Å². The number of ether oxygens (including phenoxy) is 1. The van der Waals surface area contributed by atoms with Gasteiger partial charge in [0.25, 0.3) is 5.91 Å². The highest BCUT2D eigenvalue weighted by Gasteiger charge is 2.18. The van der Waals surface area contributed by atoms with Crippen molar-refractivity contribution >= 4 is 11.6 Å². The molecular formula is C20H25NO2. The summed E-state index contributed by atoms with van der Waals surface area (Å²) >= 11 is 0. The predicted molar refractivity (Wildman–Crippen MR) is 95.3 cm³/mol. The SMILES string of the molecule is Cc1cc(C)c(NC(=O)[C@@H](C)Oc2c(C)cccc2C)c(C)c1. The number of carbonyl (C=O) groups excluding carboxylic acids is 1. The summed E-state index contributed by atoms with van der Waals surface area (Å²) in [4.78, 5) is 12.5. The third-order valence-corrected chi connectivity index (χ3v) is 4.00. The number of aryl methyl sites for hydroxylation is 5. The zero-order valence-electron chi connectivity index (χ0n) is 14.8. The van der Waals surface area contributed by atoms with Crippen molar-refractivity contribution in [2.45, 2.75) is 47.6 Å². The van der Waals surface area contributed by atoms with Crippen LogP contribution in [0.5, 0.6) is 5.75 Å². The highest BCUT2D eigenvalue weighted by molar-refractivity contribution is 5.95. The number of hydrogen-bond donors (Lipinski definition) is 1. The predicted octanol–water partition coefficient (Wildman–Crippen LogP) is 4.63. The van der Waals surface area contributed by atoms with Crippen molar-refractivity contribution in [1.29, 1.82) is 0 Å². The van der Waals surface area contributed by atoms with E-state index >= 15 is 0 Å². The molecule has 3 nitrogen and oxygen atoms in total. The second-order valence-corrected chi connectivity index (χ2v) is 6.24. The van der Waals surface area contributed by atoms with E-state index in [2.05, 4.69) is 24.4 Å². The Balaban J connectivity index is 2.15. The van der Waals surface area contributed by atoms with Crippen LogP contribution in [0.25, 0.3) is 0 Å². The number of benzene rings is 2. The summed E-state index contributed by atoms with van der Waals surface area (Å²) in [5.41, 5.74) is 6.26. The molecule has 2 aromatic rings. The van der Waals surface area contributed by atoms with Crippen molar-refractivity contribution in [2.75, 3.05) is 5.32 Å². The maximum atomic E-state index is 12.5. The molecule has 23 heavy (non-hydrogen) atoms. The number of carbonyl (C=O) groups is 1. The second-order valence-electron chi connectivity index (χ2n) is 6.24. The van der Waals surface area contributed by atoms with Gasteiger partial charge in [0.2, 0.25) is 0 Å². The summed E-state index contributed by atoms with van der Waals surface area (Å²) in [6.07, 6.45) is -0.560. The zero-order valence-corrected chi connectivity index (χ0v) is 14.8. The van der Waals surface area contributed by atoms with Crippen LogP contribution in [-0.4, -0.2) is 12.0 Å². The number of anilines is 1. The first-order valence-electron chi connectivity index (χ1n) is 7.91. The first-order chi connectivity index (χ1) is 10.8. The van der Waals surface area contributed by atoms with Crippen LogP contribution in [0, 0.1) is 34.6 Å². The van der Waals surface area contributed by atoms with Gasteiger partial charge in [-0.25, -0.2) is 0 Å². The van der Waals surface area contributed by atoms with Crippen molar-refractivity contribution < 1.29 is 9.53 Å². The molecule has 2 aromatic carbocycles. The minimum absolute atomic E-state index is 0.136. The van der Waals surface area contributed by atoms with E-state index in [1.165, 1.54) is 5.56 Å². The Labute approximate surface area is 138 Å². The monoisotopic (exact) mass is 311 g/mol. The van der Waals surface area contributed by atoms with Gasteiger partial charge in [-0.05, 0) is 63.8 Å². The fourth-order valence-electron chi connectivity index (χ4n) is 2.82. The summed E-state index contributed by atoms with van der Waals surface area (Å²) in [6, 6.07) is 10.1. The van der Waals surface area contributed by atoms with Gasteiger partial charge in [-0.2, -0.15) is 0 Å². The molecule has 0 heterocycles. The molecule has 0 aliphatic heterocycles. The molecule has 122 valence electrons. The molecule has 0 spiro atoms. The van der Waals surface area contributed by atoms with Crippen molar-refractivity contribution in [2.24, 2.45) is 0 Å². The highest BCUT2D eigenvalue weighted by atomic mass is 16.5. The van der Waals surface area contributed by atoms with E-state index in [0.717, 1.165) is 33.7 Å². The third kappa shape index (κ3) is 3.92. The molecule has 0 aromatic heterocycles. The average Bonchev–Trinajstić information content (AvgIpc) is 2.46. The van der Waals surface area contributed by atoms with E-state index in [-0.39, 0.29) is 5.91 Å². The number of rotatable bonds is 4. The van der Waals surface area contributed by atoms with Crippen molar-refractivity contribution in [3.63, 3.8) is 0 Å². The van der Waals surface area contributed by atoms with Gasteiger partial charge in [-0.1, -0.05) is 35.9 Å². The first kappa shape index (κ1) is 17.1. The molecule has 0 saturated carbocycles. The molecule has 1 N–H and O–H groups in total. The average molecular weight is 311 g/mol. The fourth-order valence-corrected chi connectivity index (χ4v) is 2.82. The molecular weight excluding hydrogens is 286 g/mol. The van der Waals surface area contributed by atoms with Crippen molar-refractivity contribution in [3.05, 3.63) is 58.1 Å². The van der Waals surface area contributed by atoms with Gasteiger partial charge >= 0.3 is 0 Å². The second kappa shape index (κ2) is 6.86. The van der Waals surface area contributed by atoms with Crippen LogP contribution in [0.2, 0.25) is 0 Å². The summed E-state index contributed by atoms with van der Waals surface area (Å²) in [5, 5.41) is 3.00. The Morgan fingerprint density at radius 2 is 1.48 bits per heavy atom. The molecule has 2 rings (SSSR count). The van der Waals surface area contributed by atoms with Crippen LogP contribution >= 0.6 is 0 Å². The van der Waals surface area contributed by atoms with Crippen LogP contribution < -0.4 is 10.1 Å². The molecule has 3 heteroatoms. The molecule has 1 atom stereocenters. The maximum absolute atomic E-state index is 12.5. The third-order valence-electron chi connectivity index (χ3n) is 4.00. The van der Waals surface area contributed by atoms with E-state index in [4.69, 9.17) is 4.74 Å². The quantitative estimate of drug-likeness (QED) is 0.893. The standard InChI is InChI=1S/C20H25NO2/c1-12-10-15(4)18(16(5)11-12)21-20(22)17(6)23-19-13(2)8-7-9-14(19)3/h7-11,17H,1-6H3,(H,21,22)/t17-/m1/s1. The first-order valence-corrected chi connectivity index (χ1v) is 7.91. The van der Waals surface area contributed by atoms with Crippen LogP contribution in [0.4, 0.5) is 5.69 Å². The summed E-state index contributed by atoms with van der Waals surface area (Å²) in [5.74, 6) is 0.648. The van der Waals surface area contributed by atoms with Crippen molar-refractivity contribution in [1.82, 2.24) is 0 Å². The van der Waals surface area contributed by atoms with Crippen LogP contribution in [0.3, 0.4) is 0 Å². The van der Waals surface area contributed by atoms with E-state index in [0.29, 0.717) is 0 Å². The lowest BCUT2D eigenvalue weighted by molar-refractivity contribution is -0.122. The van der Waals surface area contributed by atoms with Crippen LogP contribution in [-0.2, 0) is 4.79 Å². The Hall–Kier alpha value is -2.29. The summed E-state index contributed by atoms with van der Waals surface area (Å²) < 4.78 is 5.90. The van der Waals surface area contributed by atoms with Gasteiger partial charge in [0, 0.05) is 5.69 Å². The molecule has 1 amide bonds. The van der Waals surface area contributed by atoms with E-state index < -0.39 is 6.10 Å². The van der Waals surface area contributed by atoms with Crippen LogP contribution in [0.1, 0.15) is 34.7 Å². The van der Waals surface area contributed by atoms with Crippen molar-refractivity contribution in [3.8, 4) is 5.75 Å². The Morgan fingerprint density at radius 1 is 0.957 bits per heavy atom. The lowest BCUT2D eigenvalue weighted by atomic mass is 10.0. The Morgan fingerprint density at radius 3 is 2.00 bits per heavy atom. The summed E-state index contributed by atoms with van der Waals surface area (Å²) in [7, 11) is 0. The lowest BCUT2D eigenvalue weighted by Gasteiger charge is -2.19. The molecule has 0 bridgehead atoms. The van der Waals surface area contributed by atoms with Crippen LogP contribution in [0.15, 0.2) is 30.3 Å². The van der Waals surface area contributed by atoms with Gasteiger partial charge in [0.1, 0.15) is 5.75 Å². The largest absolute Gasteiger partial charge is 0.480 e. The minimum atomic E-state index is -0.560. The number of amides is 1. The van der Waals surface area contributed by atoms with Gasteiger partial charge in [0.05, 0.1) is 0 Å². The number of nitrogens with one attached hydrogen (secondary N) is 1. The molecule has 0 aliphatic rings. The summed E-state index contributed by atoms with van der Waals surface area (Å²) in [6.45, 7) is 11.8. The topological polar surface area (TPSA) is 38.3 Å². The number of hydrogen-bond acceptors (Lipinski definition) is 2. The lowest BCUT2D eigenvalue weighted by Crippen LogP contribution is -2.31. The molecule has 0 aliphatic carbocycles. The smallest absolute Gasteiger partial charge is 0.265 e. The molecule has 0 fully saturated rings. The normalized spacial score (nSPS) is 11.9. The van der Waals surface area contributed by atoms with Gasteiger partial charge in [-0.15, -0.1) is 0 Å². The van der Waals surface area contributed by atoms with E-state index in [1.54, 1.807) is 6.92 Å². The minimum Gasteiger partial charge on any atom is -0.480 e. The van der Waals surface area contributed by atoms with Gasteiger partial charge < -0.3 is 10.1 Å². The van der Waals surface area contributed by atoms with E-state index in [1.807, 2.05) is 45.9 Å². The fraction of sp³-hybridized carbons (Fsp3) is 0.350. The van der Waals surface area contributed by atoms with E-state index in [9.17, 15) is 4.79 Å². The number of para-hydroxylation sites is 1. The maximum Gasteiger partial charge on any atom is 0.265 e. The van der Waals surface area contributed by atoms with Gasteiger partial charge in [0.15, 0.2) is 6.10 Å².